The molecule has 0 bridgehead atoms. The molecule has 0 fully saturated rings. The van der Waals surface area contributed by atoms with Gasteiger partial charge in [0, 0.05) is 15.6 Å². The van der Waals surface area contributed by atoms with Crippen LogP contribution in [0.25, 0.3) is 10.2 Å². The van der Waals surface area contributed by atoms with E-state index in [-0.39, 0.29) is 18.0 Å². The van der Waals surface area contributed by atoms with E-state index in [0.29, 0.717) is 21.9 Å². The van der Waals surface area contributed by atoms with Gasteiger partial charge in [0.2, 0.25) is 5.91 Å². The smallest absolute Gasteiger partial charge is 0.263 e. The highest BCUT2D eigenvalue weighted by Gasteiger charge is 2.21. The Hall–Kier alpha value is -2.18. The molecule has 0 saturated heterocycles. The molecule has 4 rings (SSSR count). The molecule has 0 aliphatic heterocycles. The van der Waals surface area contributed by atoms with Crippen LogP contribution in [0.5, 0.6) is 0 Å². The van der Waals surface area contributed by atoms with Crippen molar-refractivity contribution in [2.45, 2.75) is 39.2 Å². The summed E-state index contributed by atoms with van der Waals surface area (Å²) < 4.78 is 1.47. The largest absolute Gasteiger partial charge is 0.325 e. The molecule has 2 heterocycles. The average Bonchev–Trinajstić information content (AvgIpc) is 2.98. The molecule has 134 valence electrons. The van der Waals surface area contributed by atoms with Crippen molar-refractivity contribution in [3.05, 3.63) is 55.9 Å². The second-order valence-corrected chi connectivity index (χ2v) is 8.02. The van der Waals surface area contributed by atoms with Crippen LogP contribution < -0.4 is 10.9 Å². The van der Waals surface area contributed by atoms with Gasteiger partial charge in [-0.1, -0.05) is 11.6 Å². The number of hydrogen-bond donors (Lipinski definition) is 1. The summed E-state index contributed by atoms with van der Waals surface area (Å²) in [4.78, 5) is 32.1. The van der Waals surface area contributed by atoms with Gasteiger partial charge in [0.15, 0.2) is 0 Å². The van der Waals surface area contributed by atoms with Crippen LogP contribution in [0.3, 0.4) is 0 Å². The highest BCUT2D eigenvalue weighted by Crippen LogP contribution is 2.33. The maximum atomic E-state index is 13.0. The highest BCUT2D eigenvalue weighted by molar-refractivity contribution is 7.18. The second-order valence-electron chi connectivity index (χ2n) is 6.50. The molecule has 0 atom stereocenters. The zero-order valence-electron chi connectivity index (χ0n) is 14.3. The predicted molar refractivity (Wildman–Crippen MR) is 105 cm³/mol. The van der Waals surface area contributed by atoms with Gasteiger partial charge >= 0.3 is 0 Å². The minimum atomic E-state index is -0.261. The van der Waals surface area contributed by atoms with Gasteiger partial charge < -0.3 is 5.32 Å². The standard InChI is InChI=1S/C19H18ClN3O2S/c1-11-21-18-17(14-4-2-3-5-15(14)26-18)19(25)23(11)10-16(24)22-13-8-6-12(20)7-9-13/h6-9H,2-5,10H2,1H3,(H,22,24). The molecule has 26 heavy (non-hydrogen) atoms. The average molecular weight is 388 g/mol. The number of rotatable bonds is 3. The minimum absolute atomic E-state index is 0.0547. The number of hydrogen-bond acceptors (Lipinski definition) is 4. The lowest BCUT2D eigenvalue weighted by Crippen LogP contribution is -2.30. The SMILES string of the molecule is Cc1nc2sc3c(c2c(=O)n1CC(=O)Nc1ccc(Cl)cc1)CCCC3. The molecule has 1 N–H and O–H groups in total. The van der Waals surface area contributed by atoms with Crippen molar-refractivity contribution < 1.29 is 4.79 Å². The number of halogens is 1. The molecule has 7 heteroatoms. The fraction of sp³-hybridized carbons (Fsp3) is 0.316. The molecule has 2 aromatic heterocycles. The Morgan fingerprint density at radius 3 is 2.77 bits per heavy atom. The number of nitrogens with zero attached hydrogens (tertiary/aromatic N) is 2. The van der Waals surface area contributed by atoms with Gasteiger partial charge in [0.1, 0.15) is 17.2 Å². The zero-order valence-corrected chi connectivity index (χ0v) is 15.9. The molecule has 1 aromatic carbocycles. The number of nitrogens with one attached hydrogen (secondary N) is 1. The molecular formula is C19H18ClN3O2S. The van der Waals surface area contributed by atoms with Crippen molar-refractivity contribution in [2.75, 3.05) is 5.32 Å². The fourth-order valence-electron chi connectivity index (χ4n) is 3.40. The number of carbonyl (C=O) groups is 1. The van der Waals surface area contributed by atoms with Crippen LogP contribution in [0.2, 0.25) is 5.02 Å². The molecule has 0 radical (unpaired) electrons. The van der Waals surface area contributed by atoms with Crippen LogP contribution in [0.4, 0.5) is 5.69 Å². The number of carbonyl (C=O) groups excluding carboxylic acids is 1. The molecular weight excluding hydrogens is 370 g/mol. The van der Waals surface area contributed by atoms with E-state index in [1.54, 1.807) is 42.5 Å². The van der Waals surface area contributed by atoms with Crippen molar-refractivity contribution in [2.24, 2.45) is 0 Å². The summed E-state index contributed by atoms with van der Waals surface area (Å²) in [5.41, 5.74) is 1.67. The maximum Gasteiger partial charge on any atom is 0.263 e. The summed E-state index contributed by atoms with van der Waals surface area (Å²) in [6, 6.07) is 6.87. The monoisotopic (exact) mass is 387 g/mol. The number of benzene rings is 1. The first-order chi connectivity index (χ1) is 12.5. The number of aryl methyl sites for hydroxylation is 3. The van der Waals surface area contributed by atoms with Crippen LogP contribution in [-0.4, -0.2) is 15.5 Å². The third-order valence-electron chi connectivity index (χ3n) is 4.70. The fourth-order valence-corrected chi connectivity index (χ4v) is 4.83. The van der Waals surface area contributed by atoms with E-state index >= 15 is 0 Å². The zero-order chi connectivity index (χ0) is 18.3. The van der Waals surface area contributed by atoms with Crippen LogP contribution >= 0.6 is 22.9 Å². The first-order valence-corrected chi connectivity index (χ1v) is 9.79. The van der Waals surface area contributed by atoms with E-state index in [4.69, 9.17) is 11.6 Å². The Morgan fingerprint density at radius 2 is 2.00 bits per heavy atom. The first kappa shape index (κ1) is 17.2. The quantitative estimate of drug-likeness (QED) is 0.740. The Labute approximate surface area is 159 Å². The molecule has 5 nitrogen and oxygen atoms in total. The summed E-state index contributed by atoms with van der Waals surface area (Å²) >= 11 is 7.48. The molecule has 0 unspecified atom stereocenters. The van der Waals surface area contributed by atoms with E-state index in [9.17, 15) is 9.59 Å². The second kappa shape index (κ2) is 6.85. The number of thiophene rings is 1. The number of amides is 1. The van der Waals surface area contributed by atoms with E-state index in [1.165, 1.54) is 9.44 Å². The Balaban J connectivity index is 1.66. The molecule has 3 aromatic rings. The lowest BCUT2D eigenvalue weighted by Gasteiger charge is -2.12. The first-order valence-electron chi connectivity index (χ1n) is 8.60. The van der Waals surface area contributed by atoms with Gasteiger partial charge in [-0.15, -0.1) is 11.3 Å². The third kappa shape index (κ3) is 3.15. The van der Waals surface area contributed by atoms with Crippen LogP contribution in [0.1, 0.15) is 29.1 Å². The van der Waals surface area contributed by atoms with Crippen molar-refractivity contribution in [3.63, 3.8) is 0 Å². The normalized spacial score (nSPS) is 13.6. The van der Waals surface area contributed by atoms with Crippen molar-refractivity contribution >= 4 is 44.7 Å². The summed E-state index contributed by atoms with van der Waals surface area (Å²) in [5.74, 6) is 0.301. The van der Waals surface area contributed by atoms with E-state index in [0.717, 1.165) is 36.1 Å². The molecule has 0 spiro atoms. The Bertz CT molecular complexity index is 1050. The topological polar surface area (TPSA) is 64.0 Å². The van der Waals surface area contributed by atoms with Gasteiger partial charge in [-0.2, -0.15) is 0 Å². The van der Waals surface area contributed by atoms with Gasteiger partial charge in [-0.3, -0.25) is 14.2 Å². The number of aromatic nitrogens is 2. The maximum absolute atomic E-state index is 13.0. The molecule has 1 aliphatic carbocycles. The van der Waals surface area contributed by atoms with E-state index in [2.05, 4.69) is 10.3 Å². The lowest BCUT2D eigenvalue weighted by molar-refractivity contribution is -0.116. The molecule has 1 aliphatic rings. The van der Waals surface area contributed by atoms with E-state index in [1.807, 2.05) is 0 Å². The van der Waals surface area contributed by atoms with Crippen LogP contribution in [-0.2, 0) is 24.2 Å². The summed E-state index contributed by atoms with van der Waals surface area (Å²) in [6.07, 6.45) is 4.21. The van der Waals surface area contributed by atoms with Gasteiger partial charge in [0.05, 0.1) is 5.39 Å². The highest BCUT2D eigenvalue weighted by atomic mass is 35.5. The summed E-state index contributed by atoms with van der Waals surface area (Å²) in [5, 5.41) is 4.10. The molecule has 0 saturated carbocycles. The Kier molecular flexibility index (Phi) is 4.54. The predicted octanol–water partition coefficient (Wildman–Crippen LogP) is 3.94. The van der Waals surface area contributed by atoms with Crippen LogP contribution in [0.15, 0.2) is 29.1 Å². The van der Waals surface area contributed by atoms with Crippen LogP contribution in [0, 0.1) is 6.92 Å². The van der Waals surface area contributed by atoms with Crippen molar-refractivity contribution in [1.82, 2.24) is 9.55 Å². The van der Waals surface area contributed by atoms with Crippen molar-refractivity contribution in [3.8, 4) is 0 Å². The number of fused-ring (bicyclic) bond motifs is 3. The Morgan fingerprint density at radius 1 is 1.27 bits per heavy atom. The number of anilines is 1. The third-order valence-corrected chi connectivity index (χ3v) is 6.13. The van der Waals surface area contributed by atoms with E-state index < -0.39 is 0 Å². The summed E-state index contributed by atoms with van der Waals surface area (Å²) in [7, 11) is 0. The van der Waals surface area contributed by atoms with Gasteiger partial charge in [-0.05, 0) is 62.4 Å². The minimum Gasteiger partial charge on any atom is -0.325 e. The van der Waals surface area contributed by atoms with Gasteiger partial charge in [0.25, 0.3) is 5.56 Å². The van der Waals surface area contributed by atoms with Crippen molar-refractivity contribution in [1.29, 1.82) is 0 Å². The molecule has 1 amide bonds. The summed E-state index contributed by atoms with van der Waals surface area (Å²) in [6.45, 7) is 1.72. The lowest BCUT2D eigenvalue weighted by atomic mass is 9.97. The van der Waals surface area contributed by atoms with Gasteiger partial charge in [-0.25, -0.2) is 4.98 Å².